The maximum absolute atomic E-state index is 11.7. The van der Waals surface area contributed by atoms with Crippen molar-refractivity contribution in [3.63, 3.8) is 0 Å². The van der Waals surface area contributed by atoms with E-state index in [4.69, 9.17) is 0 Å². The minimum Gasteiger partial charge on any atom is -0.362 e. The molecule has 0 amide bonds. The van der Waals surface area contributed by atoms with Crippen molar-refractivity contribution in [2.45, 2.75) is 32.0 Å². The van der Waals surface area contributed by atoms with E-state index < -0.39 is 18.4 Å². The summed E-state index contributed by atoms with van der Waals surface area (Å²) in [4.78, 5) is 0. The number of ether oxygens (including phenoxy) is 1. The smallest absolute Gasteiger partial charge is 0.362 e. The summed E-state index contributed by atoms with van der Waals surface area (Å²) in [5, 5.41) is 0. The molecule has 0 aliphatic carbocycles. The predicted octanol–water partition coefficient (Wildman–Crippen LogP) is 2.92. The van der Waals surface area contributed by atoms with Gasteiger partial charge in [0.15, 0.2) is 0 Å². The molecular formula is C8H13F3O. The van der Waals surface area contributed by atoms with Crippen LogP contribution in [0.3, 0.4) is 0 Å². The van der Waals surface area contributed by atoms with Crippen LogP contribution in [0.5, 0.6) is 0 Å². The number of rotatable bonds is 4. The maximum atomic E-state index is 11.7. The quantitative estimate of drug-likeness (QED) is 0.607. The van der Waals surface area contributed by atoms with E-state index in [0.717, 1.165) is 0 Å². The number of halogens is 3. The van der Waals surface area contributed by atoms with Crippen LogP contribution in [-0.2, 0) is 4.74 Å². The first-order valence-corrected chi connectivity index (χ1v) is 3.67. The number of alkyl halides is 3. The zero-order chi connectivity index (χ0) is 9.83. The Morgan fingerprint density at radius 2 is 1.92 bits per heavy atom. The monoisotopic (exact) mass is 182 g/mol. The second-order valence-corrected chi connectivity index (χ2v) is 2.77. The lowest BCUT2D eigenvalue weighted by Crippen LogP contribution is -2.30. The average Bonchev–Trinajstić information content (AvgIpc) is 1.99. The molecule has 0 aromatic carbocycles. The van der Waals surface area contributed by atoms with Gasteiger partial charge in [-0.25, -0.2) is 0 Å². The Morgan fingerprint density at radius 1 is 1.42 bits per heavy atom. The van der Waals surface area contributed by atoms with Gasteiger partial charge in [-0.15, -0.1) is 6.58 Å². The van der Waals surface area contributed by atoms with E-state index in [0.29, 0.717) is 6.42 Å². The van der Waals surface area contributed by atoms with Gasteiger partial charge < -0.3 is 4.74 Å². The summed E-state index contributed by atoms with van der Waals surface area (Å²) in [5.74, 6) is 0. The largest absolute Gasteiger partial charge is 0.411 e. The molecule has 72 valence electrons. The summed E-state index contributed by atoms with van der Waals surface area (Å²) < 4.78 is 39.7. The highest BCUT2D eigenvalue weighted by molar-refractivity contribution is 4.92. The van der Waals surface area contributed by atoms with Gasteiger partial charge in [0.25, 0.3) is 0 Å². The molecule has 0 spiro atoms. The van der Waals surface area contributed by atoms with Crippen LogP contribution in [0.25, 0.3) is 0 Å². The zero-order valence-electron chi connectivity index (χ0n) is 7.24. The third-order valence-electron chi connectivity index (χ3n) is 1.70. The van der Waals surface area contributed by atoms with Crippen LogP contribution in [0.1, 0.15) is 20.3 Å². The molecule has 0 aliphatic heterocycles. The molecule has 4 heteroatoms. The van der Waals surface area contributed by atoms with Crippen LogP contribution in [0, 0.1) is 0 Å². The lowest BCUT2D eigenvalue weighted by atomic mass is 10.0. The van der Waals surface area contributed by atoms with E-state index in [1.54, 1.807) is 13.8 Å². The minimum absolute atomic E-state index is 0.479. The zero-order valence-corrected chi connectivity index (χ0v) is 7.24. The van der Waals surface area contributed by atoms with Gasteiger partial charge in [-0.05, 0) is 13.3 Å². The van der Waals surface area contributed by atoms with Crippen LogP contribution in [-0.4, -0.2) is 18.4 Å². The average molecular weight is 182 g/mol. The Morgan fingerprint density at radius 3 is 2.17 bits per heavy atom. The van der Waals surface area contributed by atoms with Crippen LogP contribution in [0.2, 0.25) is 0 Å². The molecule has 0 bridgehead atoms. The molecule has 0 saturated heterocycles. The summed E-state index contributed by atoms with van der Waals surface area (Å²) in [5.41, 5.74) is -0.866. The Bertz CT molecular complexity index is 153. The molecule has 0 aromatic heterocycles. The van der Waals surface area contributed by atoms with Crippen molar-refractivity contribution in [1.29, 1.82) is 0 Å². The Kier molecular flexibility index (Phi) is 3.77. The fraction of sp³-hybridized carbons (Fsp3) is 0.750. The van der Waals surface area contributed by atoms with Crippen LogP contribution >= 0.6 is 0 Å². The van der Waals surface area contributed by atoms with Gasteiger partial charge in [-0.2, -0.15) is 13.2 Å². The first-order chi connectivity index (χ1) is 5.33. The van der Waals surface area contributed by atoms with Crippen molar-refractivity contribution in [1.82, 2.24) is 0 Å². The predicted molar refractivity (Wildman–Crippen MR) is 40.9 cm³/mol. The molecule has 0 N–H and O–H groups in total. The topological polar surface area (TPSA) is 9.23 Å². The maximum Gasteiger partial charge on any atom is 0.411 e. The summed E-state index contributed by atoms with van der Waals surface area (Å²) in [6.45, 7) is 5.52. The van der Waals surface area contributed by atoms with Gasteiger partial charge in [-0.3, -0.25) is 0 Å². The SMILES string of the molecule is C=CC(C)(CC)OCC(F)(F)F. The summed E-state index contributed by atoms with van der Waals surface area (Å²) in [6.07, 6.45) is -2.40. The minimum atomic E-state index is -4.26. The highest BCUT2D eigenvalue weighted by Crippen LogP contribution is 2.22. The third-order valence-corrected chi connectivity index (χ3v) is 1.70. The highest BCUT2D eigenvalue weighted by Gasteiger charge is 2.31. The van der Waals surface area contributed by atoms with E-state index in [1.165, 1.54) is 6.08 Å². The van der Waals surface area contributed by atoms with Crippen molar-refractivity contribution in [2.24, 2.45) is 0 Å². The molecule has 0 radical (unpaired) electrons. The van der Waals surface area contributed by atoms with Crippen molar-refractivity contribution in [3.05, 3.63) is 12.7 Å². The van der Waals surface area contributed by atoms with Crippen LogP contribution in [0.15, 0.2) is 12.7 Å². The van der Waals surface area contributed by atoms with E-state index in [2.05, 4.69) is 11.3 Å². The van der Waals surface area contributed by atoms with Crippen molar-refractivity contribution >= 4 is 0 Å². The summed E-state index contributed by atoms with van der Waals surface area (Å²) in [6, 6.07) is 0. The second-order valence-electron chi connectivity index (χ2n) is 2.77. The van der Waals surface area contributed by atoms with Gasteiger partial charge in [-0.1, -0.05) is 13.0 Å². The summed E-state index contributed by atoms with van der Waals surface area (Å²) in [7, 11) is 0. The molecule has 0 heterocycles. The normalized spacial score (nSPS) is 17.1. The van der Waals surface area contributed by atoms with E-state index >= 15 is 0 Å². The number of hydrogen-bond acceptors (Lipinski definition) is 1. The van der Waals surface area contributed by atoms with Gasteiger partial charge >= 0.3 is 6.18 Å². The van der Waals surface area contributed by atoms with Crippen molar-refractivity contribution in [2.75, 3.05) is 6.61 Å². The van der Waals surface area contributed by atoms with Crippen LogP contribution in [0.4, 0.5) is 13.2 Å². The first kappa shape index (κ1) is 11.5. The molecule has 0 aliphatic rings. The number of hydrogen-bond donors (Lipinski definition) is 0. The van der Waals surface area contributed by atoms with E-state index in [1.807, 2.05) is 0 Å². The van der Waals surface area contributed by atoms with Gasteiger partial charge in [0, 0.05) is 0 Å². The Balaban J connectivity index is 3.98. The molecule has 1 unspecified atom stereocenters. The fourth-order valence-electron chi connectivity index (χ4n) is 0.552. The molecule has 0 aromatic rings. The van der Waals surface area contributed by atoms with Gasteiger partial charge in [0.1, 0.15) is 6.61 Å². The van der Waals surface area contributed by atoms with Gasteiger partial charge in [0.2, 0.25) is 0 Å². The Hall–Kier alpha value is -0.510. The van der Waals surface area contributed by atoms with Crippen molar-refractivity contribution in [3.8, 4) is 0 Å². The Labute approximate surface area is 70.2 Å². The molecule has 12 heavy (non-hydrogen) atoms. The lowest BCUT2D eigenvalue weighted by Gasteiger charge is -2.25. The van der Waals surface area contributed by atoms with E-state index in [9.17, 15) is 13.2 Å². The molecular weight excluding hydrogens is 169 g/mol. The molecule has 1 atom stereocenters. The summed E-state index contributed by atoms with van der Waals surface area (Å²) >= 11 is 0. The van der Waals surface area contributed by atoms with Crippen molar-refractivity contribution < 1.29 is 17.9 Å². The highest BCUT2D eigenvalue weighted by atomic mass is 19.4. The third kappa shape index (κ3) is 4.38. The molecule has 1 nitrogen and oxygen atoms in total. The van der Waals surface area contributed by atoms with E-state index in [-0.39, 0.29) is 0 Å². The molecule has 0 saturated carbocycles. The second kappa shape index (κ2) is 3.94. The first-order valence-electron chi connectivity index (χ1n) is 3.67. The fourth-order valence-corrected chi connectivity index (χ4v) is 0.552. The van der Waals surface area contributed by atoms with Gasteiger partial charge in [0.05, 0.1) is 5.60 Å². The molecule has 0 rings (SSSR count). The standard InChI is InChI=1S/C8H13F3O/c1-4-7(3,5-2)12-6-8(9,10)11/h4H,1,5-6H2,2-3H3. The van der Waals surface area contributed by atoms with Crippen LogP contribution < -0.4 is 0 Å². The molecule has 0 fully saturated rings. The lowest BCUT2D eigenvalue weighted by molar-refractivity contribution is -0.195.